The van der Waals surface area contributed by atoms with Crippen LogP contribution in [-0.2, 0) is 18.4 Å². The van der Waals surface area contributed by atoms with Crippen LogP contribution in [0.15, 0.2) is 73.1 Å². The van der Waals surface area contributed by atoms with Gasteiger partial charge in [-0.25, -0.2) is 4.98 Å². The zero-order valence-electron chi connectivity index (χ0n) is 13.9. The lowest BCUT2D eigenvalue weighted by molar-refractivity contribution is -0.111. The highest BCUT2D eigenvalue weighted by atomic mass is 16.5. The maximum Gasteiger partial charge on any atom is 0.250 e. The van der Waals surface area contributed by atoms with E-state index in [0.717, 1.165) is 16.9 Å². The predicted octanol–water partition coefficient (Wildman–Crippen LogP) is 3.65. The van der Waals surface area contributed by atoms with Crippen LogP contribution in [-0.4, -0.2) is 15.5 Å². The van der Waals surface area contributed by atoms with E-state index >= 15 is 0 Å². The van der Waals surface area contributed by atoms with Gasteiger partial charge in [-0.1, -0.05) is 42.5 Å². The average Bonchev–Trinajstić information content (AvgIpc) is 3.04. The third-order valence-electron chi connectivity index (χ3n) is 3.59. The molecule has 0 aliphatic heterocycles. The van der Waals surface area contributed by atoms with E-state index in [1.807, 2.05) is 61.6 Å². The first kappa shape index (κ1) is 16.5. The molecular formula is C20H19N3O2. The number of amides is 1. The van der Waals surface area contributed by atoms with Crippen molar-refractivity contribution in [2.75, 3.05) is 5.32 Å². The van der Waals surface area contributed by atoms with E-state index < -0.39 is 0 Å². The Labute approximate surface area is 146 Å². The number of anilines is 1. The van der Waals surface area contributed by atoms with Gasteiger partial charge in [0.25, 0.3) is 5.91 Å². The SMILES string of the molecule is Cn1ccnc1NC(=O)/C=C/c1cccc(OCc2ccccc2)c1. The molecule has 0 saturated heterocycles. The molecule has 1 aromatic heterocycles. The smallest absolute Gasteiger partial charge is 0.250 e. The molecule has 0 fully saturated rings. The van der Waals surface area contributed by atoms with Crippen molar-refractivity contribution in [2.24, 2.45) is 7.05 Å². The quantitative estimate of drug-likeness (QED) is 0.701. The molecule has 1 heterocycles. The largest absolute Gasteiger partial charge is 0.489 e. The minimum Gasteiger partial charge on any atom is -0.489 e. The van der Waals surface area contributed by atoms with E-state index in [1.54, 1.807) is 23.0 Å². The van der Waals surface area contributed by atoms with Crippen molar-refractivity contribution >= 4 is 17.9 Å². The summed E-state index contributed by atoms with van der Waals surface area (Å²) >= 11 is 0. The molecule has 3 rings (SSSR count). The summed E-state index contributed by atoms with van der Waals surface area (Å²) < 4.78 is 7.53. The summed E-state index contributed by atoms with van der Waals surface area (Å²) in [5.74, 6) is 1.04. The molecule has 1 N–H and O–H groups in total. The maximum absolute atomic E-state index is 11.9. The molecule has 0 bridgehead atoms. The molecule has 0 radical (unpaired) electrons. The fraction of sp³-hybridized carbons (Fsp3) is 0.100. The van der Waals surface area contributed by atoms with Crippen LogP contribution in [0, 0.1) is 0 Å². The number of carbonyl (C=O) groups is 1. The first-order valence-corrected chi connectivity index (χ1v) is 7.94. The fourth-order valence-electron chi connectivity index (χ4n) is 2.26. The number of hydrogen-bond acceptors (Lipinski definition) is 3. The minimum atomic E-state index is -0.232. The Balaban J connectivity index is 1.59. The van der Waals surface area contributed by atoms with Crippen LogP contribution in [0.25, 0.3) is 6.08 Å². The third-order valence-corrected chi connectivity index (χ3v) is 3.59. The van der Waals surface area contributed by atoms with Crippen molar-refractivity contribution in [3.05, 3.63) is 84.2 Å². The van der Waals surface area contributed by atoms with Crippen LogP contribution in [0.5, 0.6) is 5.75 Å². The number of nitrogens with zero attached hydrogens (tertiary/aromatic N) is 2. The molecule has 0 aliphatic carbocycles. The van der Waals surface area contributed by atoms with Gasteiger partial charge >= 0.3 is 0 Å². The van der Waals surface area contributed by atoms with E-state index in [4.69, 9.17) is 4.74 Å². The number of aromatic nitrogens is 2. The normalized spacial score (nSPS) is 10.8. The first-order chi connectivity index (χ1) is 12.2. The zero-order valence-corrected chi connectivity index (χ0v) is 13.9. The Morgan fingerprint density at radius 3 is 2.80 bits per heavy atom. The predicted molar refractivity (Wildman–Crippen MR) is 98.1 cm³/mol. The second-order valence-corrected chi connectivity index (χ2v) is 5.53. The van der Waals surface area contributed by atoms with Crippen molar-refractivity contribution in [1.82, 2.24) is 9.55 Å². The molecule has 5 heteroatoms. The Morgan fingerprint density at radius 1 is 1.20 bits per heavy atom. The lowest BCUT2D eigenvalue weighted by Gasteiger charge is -2.07. The number of nitrogens with one attached hydrogen (secondary N) is 1. The van der Waals surface area contributed by atoms with E-state index in [-0.39, 0.29) is 5.91 Å². The van der Waals surface area contributed by atoms with Gasteiger partial charge in [0.1, 0.15) is 12.4 Å². The minimum absolute atomic E-state index is 0.232. The van der Waals surface area contributed by atoms with Crippen molar-refractivity contribution in [3.63, 3.8) is 0 Å². The average molecular weight is 333 g/mol. The van der Waals surface area contributed by atoms with Crippen molar-refractivity contribution in [3.8, 4) is 5.75 Å². The number of ether oxygens (including phenoxy) is 1. The molecule has 3 aromatic rings. The highest BCUT2D eigenvalue weighted by Crippen LogP contribution is 2.16. The molecule has 25 heavy (non-hydrogen) atoms. The lowest BCUT2D eigenvalue weighted by atomic mass is 10.2. The Kier molecular flexibility index (Phi) is 5.26. The summed E-state index contributed by atoms with van der Waals surface area (Å²) in [4.78, 5) is 16.0. The standard InChI is InChI=1S/C20H19N3O2/c1-23-13-12-21-20(23)22-19(24)11-10-16-8-5-9-18(14-16)25-15-17-6-3-2-4-7-17/h2-14H,15H2,1H3,(H,21,22,24)/b11-10+. The number of aryl methyl sites for hydroxylation is 1. The summed E-state index contributed by atoms with van der Waals surface area (Å²) in [6.07, 6.45) is 6.62. The molecule has 0 aliphatic rings. The molecule has 0 atom stereocenters. The van der Waals surface area contributed by atoms with Crippen LogP contribution in [0.1, 0.15) is 11.1 Å². The van der Waals surface area contributed by atoms with E-state index in [1.165, 1.54) is 6.08 Å². The van der Waals surface area contributed by atoms with E-state index in [9.17, 15) is 4.79 Å². The molecule has 126 valence electrons. The number of benzene rings is 2. The van der Waals surface area contributed by atoms with Crippen LogP contribution >= 0.6 is 0 Å². The number of rotatable bonds is 6. The van der Waals surface area contributed by atoms with Crippen LogP contribution in [0.4, 0.5) is 5.95 Å². The van der Waals surface area contributed by atoms with Crippen molar-refractivity contribution in [1.29, 1.82) is 0 Å². The molecule has 0 unspecified atom stereocenters. The van der Waals surface area contributed by atoms with Gasteiger partial charge in [-0.3, -0.25) is 10.1 Å². The summed E-state index contributed by atoms with van der Waals surface area (Å²) in [6.45, 7) is 0.508. The number of hydrogen-bond donors (Lipinski definition) is 1. The first-order valence-electron chi connectivity index (χ1n) is 7.94. The second-order valence-electron chi connectivity index (χ2n) is 5.53. The monoisotopic (exact) mass is 333 g/mol. The van der Waals surface area contributed by atoms with Crippen molar-refractivity contribution < 1.29 is 9.53 Å². The summed E-state index contributed by atoms with van der Waals surface area (Å²) in [5, 5.41) is 2.72. The van der Waals surface area contributed by atoms with Gasteiger partial charge in [0.05, 0.1) is 0 Å². The highest BCUT2D eigenvalue weighted by molar-refractivity contribution is 6.00. The van der Waals surface area contributed by atoms with Crippen LogP contribution < -0.4 is 10.1 Å². The Bertz CT molecular complexity index is 869. The van der Waals surface area contributed by atoms with Crippen LogP contribution in [0.3, 0.4) is 0 Å². The van der Waals surface area contributed by atoms with E-state index in [2.05, 4.69) is 10.3 Å². The molecule has 0 saturated carbocycles. The highest BCUT2D eigenvalue weighted by Gasteiger charge is 2.02. The number of carbonyl (C=O) groups excluding carboxylic acids is 1. The molecular weight excluding hydrogens is 314 g/mol. The van der Waals surface area contributed by atoms with Gasteiger partial charge in [0.15, 0.2) is 0 Å². The molecule has 5 nitrogen and oxygen atoms in total. The van der Waals surface area contributed by atoms with Gasteiger partial charge in [-0.2, -0.15) is 0 Å². The zero-order chi connectivity index (χ0) is 17.5. The Hall–Kier alpha value is -3.34. The molecule has 1 amide bonds. The van der Waals surface area contributed by atoms with Crippen LogP contribution in [0.2, 0.25) is 0 Å². The molecule has 2 aromatic carbocycles. The second kappa shape index (κ2) is 7.97. The topological polar surface area (TPSA) is 56.2 Å². The van der Waals surface area contributed by atoms with Gasteiger partial charge < -0.3 is 9.30 Å². The maximum atomic E-state index is 11.9. The summed E-state index contributed by atoms with van der Waals surface area (Å²) in [7, 11) is 1.82. The molecule has 0 spiro atoms. The lowest BCUT2D eigenvalue weighted by Crippen LogP contribution is -2.11. The van der Waals surface area contributed by atoms with Gasteiger partial charge in [-0.05, 0) is 29.3 Å². The summed E-state index contributed by atoms with van der Waals surface area (Å²) in [6, 6.07) is 17.6. The summed E-state index contributed by atoms with van der Waals surface area (Å²) in [5.41, 5.74) is 2.00. The third kappa shape index (κ3) is 4.81. The van der Waals surface area contributed by atoms with Gasteiger partial charge in [0.2, 0.25) is 5.95 Å². The van der Waals surface area contributed by atoms with Gasteiger partial charge in [-0.15, -0.1) is 0 Å². The van der Waals surface area contributed by atoms with Gasteiger partial charge in [0, 0.05) is 25.5 Å². The number of imidazole rings is 1. The fourth-order valence-corrected chi connectivity index (χ4v) is 2.26. The van der Waals surface area contributed by atoms with Crippen molar-refractivity contribution in [2.45, 2.75) is 6.61 Å². The van der Waals surface area contributed by atoms with E-state index in [0.29, 0.717) is 12.6 Å². The Morgan fingerprint density at radius 2 is 2.04 bits per heavy atom.